The summed E-state index contributed by atoms with van der Waals surface area (Å²) < 4.78 is 4.82. The van der Waals surface area contributed by atoms with Crippen molar-refractivity contribution < 1.29 is 0 Å². The van der Waals surface area contributed by atoms with Gasteiger partial charge in [0.1, 0.15) is 0 Å². The fourth-order valence-electron chi connectivity index (χ4n) is 0. The molecule has 0 heterocycles. The van der Waals surface area contributed by atoms with Crippen molar-refractivity contribution in [3.05, 3.63) is 0 Å². The van der Waals surface area contributed by atoms with Crippen LogP contribution in [0.25, 0.3) is 0 Å². The molecule has 0 atom stereocenters. The Morgan fingerprint density at radius 2 is 1.25 bits per heavy atom. The second kappa shape index (κ2) is 3.88. The van der Waals surface area contributed by atoms with E-state index >= 15 is 0 Å². The molecule has 4 heavy (non-hydrogen) atoms. The van der Waals surface area contributed by atoms with Gasteiger partial charge in [-0.3, -0.25) is 0 Å². The van der Waals surface area contributed by atoms with Crippen LogP contribution >= 0.6 is 32.3 Å². The summed E-state index contributed by atoms with van der Waals surface area (Å²) in [6, 6.07) is 0. The minimum absolute atomic E-state index is 2.41. The summed E-state index contributed by atoms with van der Waals surface area (Å²) >= 11 is 5.68. The van der Waals surface area contributed by atoms with Gasteiger partial charge in [-0.1, -0.05) is 0 Å². The maximum Gasteiger partial charge on any atom is 0.0260 e. The molecule has 0 rings (SSSR count). The maximum atomic E-state index is 2.84. The van der Waals surface area contributed by atoms with Crippen molar-refractivity contribution in [2.45, 2.75) is 0 Å². The van der Waals surface area contributed by atoms with Crippen LogP contribution < -0.4 is 8.90 Å². The summed E-state index contributed by atoms with van der Waals surface area (Å²) in [6.45, 7) is 0. The second-order valence-corrected chi connectivity index (χ2v) is 0.982. The smallest absolute Gasteiger partial charge is 0.0260 e. The van der Waals surface area contributed by atoms with E-state index in [0.717, 1.165) is 0 Å². The van der Waals surface area contributed by atoms with Gasteiger partial charge in [0.25, 0.3) is 0 Å². The molecule has 0 aromatic carbocycles. The highest BCUT2D eigenvalue weighted by atomic mass is 79.9. The van der Waals surface area contributed by atoms with E-state index in [-0.39, 0.29) is 0 Å². The zero-order valence-electron chi connectivity index (χ0n) is 1.76. The molecule has 0 saturated carbocycles. The van der Waals surface area contributed by atoms with Gasteiger partial charge in [-0.05, 0) is 0 Å². The Hall–Kier alpha value is 0.880. The van der Waals surface area contributed by atoms with Gasteiger partial charge in [0, 0.05) is 32.3 Å². The summed E-state index contributed by atoms with van der Waals surface area (Å²) in [5, 5.41) is 0. The third-order valence-electron chi connectivity index (χ3n) is 0.0357. The van der Waals surface area contributed by atoms with Crippen LogP contribution in [0, 0.1) is 0 Å². The molecule has 0 saturated heterocycles. The van der Waals surface area contributed by atoms with E-state index in [1.165, 1.54) is 0 Å². The molecule has 0 bridgehead atoms. The predicted octanol–water partition coefficient (Wildman–Crippen LogP) is 0.700. The predicted molar refractivity (Wildman–Crippen MR) is 24.1 cm³/mol. The number of hydrazine groups is 1. The number of hydrogen-bond donors (Lipinski definition) is 2. The van der Waals surface area contributed by atoms with E-state index in [9.17, 15) is 0 Å². The molecule has 2 N–H and O–H groups in total. The molecule has 0 aliphatic heterocycles. The summed E-state index contributed by atoms with van der Waals surface area (Å²) in [6.07, 6.45) is 0. The number of rotatable bonds is 1. The topological polar surface area (TPSA) is 24.1 Å². The minimum atomic E-state index is 2.41. The van der Waals surface area contributed by atoms with Crippen LogP contribution in [-0.2, 0) is 0 Å². The normalized spacial score (nSPS) is 7.50. The van der Waals surface area contributed by atoms with Crippen molar-refractivity contribution in [3.8, 4) is 0 Å². The van der Waals surface area contributed by atoms with Crippen molar-refractivity contribution in [2.24, 2.45) is 0 Å². The molecule has 0 aliphatic carbocycles. The summed E-state index contributed by atoms with van der Waals surface area (Å²) in [5.41, 5.74) is 0. The lowest BCUT2D eigenvalue weighted by Gasteiger charge is -1.75. The zero-order chi connectivity index (χ0) is 3.41. The van der Waals surface area contributed by atoms with Crippen LogP contribution in [-0.4, -0.2) is 0 Å². The van der Waals surface area contributed by atoms with E-state index < -0.39 is 0 Å². The van der Waals surface area contributed by atoms with E-state index in [0.29, 0.717) is 0 Å². The van der Waals surface area contributed by atoms with Crippen molar-refractivity contribution in [2.75, 3.05) is 0 Å². The zero-order valence-corrected chi connectivity index (χ0v) is 4.93. The molecule has 0 unspecified atom stereocenters. The SMILES string of the molecule is BrNNBr. The Balaban J connectivity index is 1.97. The number of nitrogens with one attached hydrogen (secondary N) is 2. The Kier molecular flexibility index (Phi) is 4.73. The number of hydrogen-bond acceptors (Lipinski definition) is 2. The van der Waals surface area contributed by atoms with Crippen LogP contribution in [0.1, 0.15) is 0 Å². The Bertz CT molecular complexity index is 6.00. The standard InChI is InChI=1S/Br2H2N2/c1-3-4-2/h3-4H. The first-order chi connectivity index (χ1) is 1.91. The van der Waals surface area contributed by atoms with Crippen LogP contribution in [0.2, 0.25) is 0 Å². The molecule has 0 aromatic rings. The van der Waals surface area contributed by atoms with Gasteiger partial charge in [-0.2, -0.15) is 8.90 Å². The maximum absolute atomic E-state index is 2.84. The van der Waals surface area contributed by atoms with E-state index in [4.69, 9.17) is 0 Å². The lowest BCUT2D eigenvalue weighted by atomic mass is 13.0. The fourth-order valence-corrected chi connectivity index (χ4v) is 0. The molecular weight excluding hydrogens is 188 g/mol. The van der Waals surface area contributed by atoms with Crippen molar-refractivity contribution in [1.82, 2.24) is 8.90 Å². The van der Waals surface area contributed by atoms with Gasteiger partial charge in [0.15, 0.2) is 0 Å². The molecule has 2 nitrogen and oxygen atoms in total. The molecular formula is H2Br2N2. The molecule has 26 valence electrons. The second-order valence-electron chi connectivity index (χ2n) is 0.189. The third-order valence-corrected chi connectivity index (χ3v) is 0.964. The first-order valence-corrected chi connectivity index (χ1v) is 2.21. The van der Waals surface area contributed by atoms with Gasteiger partial charge in [-0.25, -0.2) is 0 Å². The summed E-state index contributed by atoms with van der Waals surface area (Å²) in [7, 11) is 0. The Morgan fingerprint density at radius 1 is 1.00 bits per heavy atom. The molecule has 0 spiro atoms. The third kappa shape index (κ3) is 2.88. The highest BCUT2D eigenvalue weighted by Gasteiger charge is 1.50. The fraction of sp³-hybridized carbons (Fsp3) is 0. The highest BCUT2D eigenvalue weighted by Crippen LogP contribution is 1.61. The molecule has 0 radical (unpaired) electrons. The Morgan fingerprint density at radius 3 is 1.25 bits per heavy atom. The van der Waals surface area contributed by atoms with Gasteiger partial charge in [0.05, 0.1) is 0 Å². The first kappa shape index (κ1) is 4.88. The van der Waals surface area contributed by atoms with Crippen LogP contribution in [0.3, 0.4) is 0 Å². The van der Waals surface area contributed by atoms with Gasteiger partial charge >= 0.3 is 0 Å². The first-order valence-electron chi connectivity index (χ1n) is 0.628. The summed E-state index contributed by atoms with van der Waals surface area (Å²) in [4.78, 5) is 0. The van der Waals surface area contributed by atoms with Crippen LogP contribution in [0.15, 0.2) is 0 Å². The van der Waals surface area contributed by atoms with Gasteiger partial charge < -0.3 is 0 Å². The minimum Gasteiger partial charge on any atom is -0.183 e. The van der Waals surface area contributed by atoms with Gasteiger partial charge in [-0.15, -0.1) is 0 Å². The van der Waals surface area contributed by atoms with Crippen molar-refractivity contribution >= 4 is 32.3 Å². The van der Waals surface area contributed by atoms with E-state index in [1.54, 1.807) is 0 Å². The average Bonchev–Trinajstić information content (AvgIpc) is 1.37. The van der Waals surface area contributed by atoms with Crippen LogP contribution in [0.4, 0.5) is 0 Å². The molecule has 0 amide bonds. The van der Waals surface area contributed by atoms with Crippen molar-refractivity contribution in [1.29, 1.82) is 0 Å². The van der Waals surface area contributed by atoms with Crippen LogP contribution in [0.5, 0.6) is 0 Å². The molecule has 0 aromatic heterocycles. The molecule has 0 fully saturated rings. The molecule has 4 heteroatoms. The monoisotopic (exact) mass is 188 g/mol. The summed E-state index contributed by atoms with van der Waals surface area (Å²) in [5.74, 6) is 0. The quantitative estimate of drug-likeness (QED) is 0.469. The van der Waals surface area contributed by atoms with E-state index in [1.807, 2.05) is 0 Å². The van der Waals surface area contributed by atoms with E-state index in [2.05, 4.69) is 41.2 Å². The number of halogens is 2. The van der Waals surface area contributed by atoms with Crippen molar-refractivity contribution in [3.63, 3.8) is 0 Å². The largest absolute Gasteiger partial charge is 0.183 e. The Labute approximate surface area is 41.6 Å². The average molecular weight is 190 g/mol. The van der Waals surface area contributed by atoms with Gasteiger partial charge in [0.2, 0.25) is 0 Å². The molecule has 0 aliphatic rings. The lowest BCUT2D eigenvalue weighted by molar-refractivity contribution is 1.05. The highest BCUT2D eigenvalue weighted by molar-refractivity contribution is 9.10. The lowest BCUT2D eigenvalue weighted by Crippen LogP contribution is -2.05.